The molecule has 1 aliphatic carbocycles. The molecular weight excluding hydrogens is 238 g/mol. The fraction of sp³-hybridized carbons (Fsp3) is 0.625. The van der Waals surface area contributed by atoms with Gasteiger partial charge in [0.05, 0.1) is 6.61 Å². The first-order valence-electron chi connectivity index (χ1n) is 7.19. The molecule has 1 aromatic rings. The fourth-order valence-electron chi connectivity index (χ4n) is 2.85. The number of ether oxygens (including phenoxy) is 1. The highest BCUT2D eigenvalue weighted by atomic mass is 16.5. The van der Waals surface area contributed by atoms with Crippen LogP contribution in [0, 0.1) is 5.41 Å². The van der Waals surface area contributed by atoms with E-state index in [4.69, 9.17) is 4.74 Å². The molecule has 1 unspecified atom stereocenters. The smallest absolute Gasteiger partial charge is 0.162 e. The van der Waals surface area contributed by atoms with Gasteiger partial charge in [0.2, 0.25) is 0 Å². The van der Waals surface area contributed by atoms with E-state index in [1.54, 1.807) is 6.07 Å². The van der Waals surface area contributed by atoms with E-state index >= 15 is 0 Å². The minimum atomic E-state index is 0.272. The molecule has 1 aliphatic rings. The topological polar surface area (TPSA) is 41.5 Å². The van der Waals surface area contributed by atoms with Crippen LogP contribution in [-0.4, -0.2) is 17.8 Å². The van der Waals surface area contributed by atoms with E-state index in [1.165, 1.54) is 19.3 Å². The summed E-state index contributed by atoms with van der Waals surface area (Å²) < 4.78 is 5.40. The summed E-state index contributed by atoms with van der Waals surface area (Å²) in [4.78, 5) is 0. The highest BCUT2D eigenvalue weighted by Gasteiger charge is 2.30. The van der Waals surface area contributed by atoms with Gasteiger partial charge in [0.15, 0.2) is 11.5 Å². The van der Waals surface area contributed by atoms with Crippen molar-refractivity contribution in [3.8, 4) is 11.5 Å². The second-order valence-electron chi connectivity index (χ2n) is 6.18. The third-order valence-corrected chi connectivity index (χ3v) is 3.93. The van der Waals surface area contributed by atoms with Crippen LogP contribution in [0.1, 0.15) is 45.6 Å². The van der Waals surface area contributed by atoms with E-state index in [0.717, 1.165) is 5.56 Å². The molecule has 0 aromatic heterocycles. The van der Waals surface area contributed by atoms with Crippen LogP contribution in [0.3, 0.4) is 0 Å². The minimum absolute atomic E-state index is 0.272. The van der Waals surface area contributed by atoms with Gasteiger partial charge in [-0.25, -0.2) is 0 Å². The fourth-order valence-corrected chi connectivity index (χ4v) is 2.85. The number of nitrogens with one attached hydrogen (secondary N) is 1. The molecule has 2 rings (SSSR count). The molecule has 2 N–H and O–H groups in total. The van der Waals surface area contributed by atoms with Gasteiger partial charge in [0.25, 0.3) is 0 Å². The molecule has 0 bridgehead atoms. The molecule has 3 nitrogen and oxygen atoms in total. The van der Waals surface area contributed by atoms with Crippen LogP contribution < -0.4 is 10.1 Å². The normalized spacial score (nSPS) is 21.5. The Kier molecular flexibility index (Phi) is 4.35. The average molecular weight is 263 g/mol. The van der Waals surface area contributed by atoms with Gasteiger partial charge < -0.3 is 15.2 Å². The van der Waals surface area contributed by atoms with Crippen molar-refractivity contribution in [1.82, 2.24) is 5.32 Å². The van der Waals surface area contributed by atoms with Crippen LogP contribution in [0.5, 0.6) is 11.5 Å². The summed E-state index contributed by atoms with van der Waals surface area (Å²) in [7, 11) is 0. The summed E-state index contributed by atoms with van der Waals surface area (Å²) in [6.07, 6.45) is 3.70. The zero-order chi connectivity index (χ0) is 13.9. The van der Waals surface area contributed by atoms with Crippen molar-refractivity contribution in [2.45, 2.75) is 52.6 Å². The Hall–Kier alpha value is -1.22. The van der Waals surface area contributed by atoms with Crippen molar-refractivity contribution in [1.29, 1.82) is 0 Å². The lowest BCUT2D eigenvalue weighted by molar-refractivity contribution is 0.315. The van der Waals surface area contributed by atoms with Gasteiger partial charge in [-0.3, -0.25) is 0 Å². The lowest BCUT2D eigenvalue weighted by atomic mass is 9.92. The third-order valence-electron chi connectivity index (χ3n) is 3.93. The van der Waals surface area contributed by atoms with Crippen LogP contribution in [0.4, 0.5) is 0 Å². The van der Waals surface area contributed by atoms with Crippen LogP contribution in [0.25, 0.3) is 0 Å². The van der Waals surface area contributed by atoms with Gasteiger partial charge >= 0.3 is 0 Å². The summed E-state index contributed by atoms with van der Waals surface area (Å²) in [6, 6.07) is 6.25. The Morgan fingerprint density at radius 1 is 1.42 bits per heavy atom. The molecule has 1 fully saturated rings. The summed E-state index contributed by atoms with van der Waals surface area (Å²) in [5.41, 5.74) is 1.36. The number of aromatic hydroxyl groups is 1. The zero-order valence-electron chi connectivity index (χ0n) is 12.2. The van der Waals surface area contributed by atoms with E-state index in [9.17, 15) is 5.11 Å². The summed E-state index contributed by atoms with van der Waals surface area (Å²) in [6.45, 7) is 7.84. The highest BCUT2D eigenvalue weighted by Crippen LogP contribution is 2.37. The molecule has 0 spiro atoms. The van der Waals surface area contributed by atoms with Crippen LogP contribution in [0.15, 0.2) is 18.2 Å². The maximum atomic E-state index is 10.1. The van der Waals surface area contributed by atoms with Crippen molar-refractivity contribution in [3.05, 3.63) is 23.8 Å². The Bertz CT molecular complexity index is 429. The quantitative estimate of drug-likeness (QED) is 0.855. The Balaban J connectivity index is 1.95. The van der Waals surface area contributed by atoms with Crippen molar-refractivity contribution < 1.29 is 9.84 Å². The lowest BCUT2D eigenvalue weighted by Gasteiger charge is -2.18. The Morgan fingerprint density at radius 3 is 2.84 bits per heavy atom. The molecule has 0 aliphatic heterocycles. The zero-order valence-corrected chi connectivity index (χ0v) is 12.2. The van der Waals surface area contributed by atoms with Crippen molar-refractivity contribution in [2.24, 2.45) is 5.41 Å². The molecule has 0 radical (unpaired) electrons. The molecule has 106 valence electrons. The largest absolute Gasteiger partial charge is 0.504 e. The third kappa shape index (κ3) is 3.63. The standard InChI is InChI=1S/C16H25NO2/c1-4-19-14-7-5-6-12(15(14)18)11-17-13-8-9-16(2,3)10-13/h5-7,13,17-18H,4,8-11H2,1-3H3. The second-order valence-corrected chi connectivity index (χ2v) is 6.18. The SMILES string of the molecule is CCOc1cccc(CNC2CCC(C)(C)C2)c1O. The van der Waals surface area contributed by atoms with Gasteiger partial charge in [-0.2, -0.15) is 0 Å². The van der Waals surface area contributed by atoms with Crippen LogP contribution >= 0.6 is 0 Å². The van der Waals surface area contributed by atoms with Gasteiger partial charge in [0.1, 0.15) is 0 Å². The van der Waals surface area contributed by atoms with Crippen molar-refractivity contribution >= 4 is 0 Å². The second kappa shape index (κ2) is 5.83. The average Bonchev–Trinajstić information content (AvgIpc) is 2.70. The van der Waals surface area contributed by atoms with E-state index in [2.05, 4.69) is 19.2 Å². The monoisotopic (exact) mass is 263 g/mol. The van der Waals surface area contributed by atoms with Gasteiger partial charge in [-0.15, -0.1) is 0 Å². The molecule has 0 saturated heterocycles. The number of hydrogen-bond donors (Lipinski definition) is 2. The number of rotatable bonds is 5. The predicted molar refractivity (Wildman–Crippen MR) is 77.5 cm³/mol. The molecular formula is C16H25NO2. The molecule has 1 saturated carbocycles. The first-order chi connectivity index (χ1) is 9.02. The summed E-state index contributed by atoms with van der Waals surface area (Å²) in [5.74, 6) is 0.850. The van der Waals surface area contributed by atoms with E-state index in [0.29, 0.717) is 30.4 Å². The van der Waals surface area contributed by atoms with Crippen molar-refractivity contribution in [3.63, 3.8) is 0 Å². The van der Waals surface area contributed by atoms with E-state index < -0.39 is 0 Å². The number of phenolic OH excluding ortho intramolecular Hbond substituents is 1. The summed E-state index contributed by atoms with van der Waals surface area (Å²) >= 11 is 0. The van der Waals surface area contributed by atoms with Gasteiger partial charge in [-0.1, -0.05) is 26.0 Å². The van der Waals surface area contributed by atoms with Crippen molar-refractivity contribution in [2.75, 3.05) is 6.61 Å². The van der Waals surface area contributed by atoms with E-state index in [-0.39, 0.29) is 5.75 Å². The number of benzene rings is 1. The maximum absolute atomic E-state index is 10.1. The van der Waals surface area contributed by atoms with Gasteiger partial charge in [-0.05, 0) is 37.7 Å². The predicted octanol–water partition coefficient (Wildman–Crippen LogP) is 3.46. The minimum Gasteiger partial charge on any atom is -0.504 e. The number of phenols is 1. The van der Waals surface area contributed by atoms with Crippen LogP contribution in [0.2, 0.25) is 0 Å². The van der Waals surface area contributed by atoms with E-state index in [1.807, 2.05) is 19.1 Å². The molecule has 3 heteroatoms. The number of hydrogen-bond acceptors (Lipinski definition) is 3. The lowest BCUT2D eigenvalue weighted by Crippen LogP contribution is -2.26. The van der Waals surface area contributed by atoms with Gasteiger partial charge in [0, 0.05) is 18.2 Å². The first kappa shape index (κ1) is 14.2. The molecule has 19 heavy (non-hydrogen) atoms. The Morgan fingerprint density at radius 2 is 2.21 bits per heavy atom. The molecule has 1 aromatic carbocycles. The number of para-hydroxylation sites is 1. The molecule has 0 heterocycles. The van der Waals surface area contributed by atoms with Crippen LogP contribution in [-0.2, 0) is 6.54 Å². The maximum Gasteiger partial charge on any atom is 0.162 e. The summed E-state index contributed by atoms with van der Waals surface area (Å²) in [5, 5.41) is 13.7. The molecule has 0 amide bonds. The Labute approximate surface area is 116 Å². The highest BCUT2D eigenvalue weighted by molar-refractivity contribution is 5.45. The molecule has 1 atom stereocenters. The first-order valence-corrected chi connectivity index (χ1v) is 7.19.